The number of ether oxygens (including phenoxy) is 1. The first-order valence-corrected chi connectivity index (χ1v) is 4.78. The van der Waals surface area contributed by atoms with E-state index in [9.17, 15) is 13.2 Å². The van der Waals surface area contributed by atoms with E-state index in [4.69, 9.17) is 0 Å². The van der Waals surface area contributed by atoms with Crippen molar-refractivity contribution in [2.45, 2.75) is 6.36 Å². The Balaban J connectivity index is 2.04. The average Bonchev–Trinajstić information content (AvgIpc) is 2.79. The molecule has 0 N–H and O–H groups in total. The minimum absolute atomic E-state index is 0.274. The summed E-state index contributed by atoms with van der Waals surface area (Å²) in [7, 11) is 0. The average molecular weight is 256 g/mol. The lowest BCUT2D eigenvalue weighted by atomic mass is 10.2. The molecule has 18 heavy (non-hydrogen) atoms. The van der Waals surface area contributed by atoms with Gasteiger partial charge in [-0.3, -0.25) is 0 Å². The summed E-state index contributed by atoms with van der Waals surface area (Å²) in [6, 6.07) is 5.33. The molecule has 0 amide bonds. The van der Waals surface area contributed by atoms with Gasteiger partial charge in [0.25, 0.3) is 0 Å². The Morgan fingerprint density at radius 2 is 1.72 bits per heavy atom. The molecule has 0 fully saturated rings. The summed E-state index contributed by atoms with van der Waals surface area (Å²) in [5, 5.41) is 11.0. The summed E-state index contributed by atoms with van der Waals surface area (Å²) in [5.74, 6) is -0.274. The predicted octanol–water partition coefficient (Wildman–Crippen LogP) is 2.06. The van der Waals surface area contributed by atoms with Crippen LogP contribution < -0.4 is 4.74 Å². The van der Waals surface area contributed by atoms with E-state index >= 15 is 0 Å². The first kappa shape index (κ1) is 12.1. The molecule has 2 rings (SSSR count). The third-order valence-corrected chi connectivity index (χ3v) is 1.86. The molecule has 0 saturated heterocycles. The lowest BCUT2D eigenvalue weighted by molar-refractivity contribution is -0.274. The van der Waals surface area contributed by atoms with Crippen molar-refractivity contribution in [3.8, 4) is 5.75 Å². The fraction of sp³-hybridized carbons (Fsp3) is 0.100. The van der Waals surface area contributed by atoms with Crippen molar-refractivity contribution >= 4 is 6.21 Å². The number of hydrogen-bond donors (Lipinski definition) is 0. The summed E-state index contributed by atoms with van der Waals surface area (Å²) in [5.41, 5.74) is 0.623. The summed E-state index contributed by atoms with van der Waals surface area (Å²) < 4.78 is 40.8. The van der Waals surface area contributed by atoms with Crippen molar-refractivity contribution in [1.29, 1.82) is 0 Å². The van der Waals surface area contributed by atoms with Crippen LogP contribution in [-0.4, -0.2) is 27.5 Å². The van der Waals surface area contributed by atoms with Crippen LogP contribution >= 0.6 is 0 Å². The van der Waals surface area contributed by atoms with Crippen LogP contribution in [0.15, 0.2) is 42.0 Å². The molecular weight excluding hydrogens is 249 g/mol. The van der Waals surface area contributed by atoms with Gasteiger partial charge >= 0.3 is 6.36 Å². The number of hydrogen-bond acceptors (Lipinski definition) is 4. The zero-order valence-corrected chi connectivity index (χ0v) is 8.87. The lowest BCUT2D eigenvalue weighted by Gasteiger charge is -2.08. The van der Waals surface area contributed by atoms with Crippen LogP contribution in [-0.2, 0) is 0 Å². The third kappa shape index (κ3) is 3.58. The maximum absolute atomic E-state index is 11.9. The van der Waals surface area contributed by atoms with Crippen molar-refractivity contribution < 1.29 is 17.9 Å². The molecule has 0 radical (unpaired) electrons. The summed E-state index contributed by atoms with van der Waals surface area (Å²) >= 11 is 0. The van der Waals surface area contributed by atoms with Gasteiger partial charge in [-0.2, -0.15) is 5.10 Å². The van der Waals surface area contributed by atoms with Crippen molar-refractivity contribution in [3.63, 3.8) is 0 Å². The van der Waals surface area contributed by atoms with Crippen molar-refractivity contribution in [3.05, 3.63) is 42.5 Å². The number of rotatable bonds is 3. The number of benzene rings is 1. The molecule has 0 spiro atoms. The quantitative estimate of drug-likeness (QED) is 0.790. The van der Waals surface area contributed by atoms with Crippen LogP contribution in [0.4, 0.5) is 13.2 Å². The van der Waals surface area contributed by atoms with E-state index in [1.807, 2.05) is 0 Å². The normalized spacial score (nSPS) is 11.9. The van der Waals surface area contributed by atoms with Gasteiger partial charge in [-0.15, -0.1) is 23.4 Å². The first-order valence-electron chi connectivity index (χ1n) is 4.78. The zero-order valence-electron chi connectivity index (χ0n) is 8.87. The van der Waals surface area contributed by atoms with E-state index in [-0.39, 0.29) is 5.75 Å². The Morgan fingerprint density at radius 1 is 1.11 bits per heavy atom. The molecule has 2 aromatic rings. The topological polar surface area (TPSA) is 52.3 Å². The fourth-order valence-corrected chi connectivity index (χ4v) is 1.14. The fourth-order valence-electron chi connectivity index (χ4n) is 1.14. The second-order valence-corrected chi connectivity index (χ2v) is 3.20. The van der Waals surface area contributed by atoms with Gasteiger partial charge in [-0.05, 0) is 29.8 Å². The highest BCUT2D eigenvalue weighted by Crippen LogP contribution is 2.22. The molecule has 1 heterocycles. The summed E-state index contributed by atoms with van der Waals surface area (Å²) in [6.07, 6.45) is -0.450. The van der Waals surface area contributed by atoms with Gasteiger partial charge in [0.2, 0.25) is 0 Å². The minimum atomic E-state index is -4.68. The van der Waals surface area contributed by atoms with Crippen LogP contribution in [0.3, 0.4) is 0 Å². The zero-order chi connectivity index (χ0) is 13.0. The molecule has 0 atom stereocenters. The van der Waals surface area contributed by atoms with Crippen molar-refractivity contribution in [1.82, 2.24) is 14.9 Å². The highest BCUT2D eigenvalue weighted by Gasteiger charge is 2.30. The van der Waals surface area contributed by atoms with E-state index in [0.717, 1.165) is 0 Å². The third-order valence-electron chi connectivity index (χ3n) is 1.86. The van der Waals surface area contributed by atoms with Crippen LogP contribution in [0.2, 0.25) is 0 Å². The van der Waals surface area contributed by atoms with Gasteiger partial charge in [0.15, 0.2) is 0 Å². The van der Waals surface area contributed by atoms with E-state index in [1.165, 1.54) is 47.8 Å². The van der Waals surface area contributed by atoms with Crippen molar-refractivity contribution in [2.75, 3.05) is 0 Å². The maximum Gasteiger partial charge on any atom is 0.573 e. The van der Waals surface area contributed by atoms with Crippen LogP contribution in [0, 0.1) is 0 Å². The van der Waals surface area contributed by atoms with E-state index < -0.39 is 6.36 Å². The van der Waals surface area contributed by atoms with Crippen LogP contribution in [0.5, 0.6) is 5.75 Å². The maximum atomic E-state index is 11.9. The molecule has 94 valence electrons. The van der Waals surface area contributed by atoms with Gasteiger partial charge in [0.05, 0.1) is 6.21 Å². The second kappa shape index (κ2) is 4.86. The molecule has 0 aliphatic rings. The Kier molecular flexibility index (Phi) is 3.26. The number of aromatic nitrogens is 3. The molecule has 0 unspecified atom stereocenters. The molecule has 1 aromatic heterocycles. The van der Waals surface area contributed by atoms with Gasteiger partial charge in [0, 0.05) is 0 Å². The van der Waals surface area contributed by atoms with E-state index in [0.29, 0.717) is 5.56 Å². The summed E-state index contributed by atoms with van der Waals surface area (Å²) in [4.78, 5) is 0. The van der Waals surface area contributed by atoms with Gasteiger partial charge < -0.3 is 4.74 Å². The van der Waals surface area contributed by atoms with Gasteiger partial charge in [0.1, 0.15) is 18.4 Å². The minimum Gasteiger partial charge on any atom is -0.406 e. The van der Waals surface area contributed by atoms with E-state index in [2.05, 4.69) is 20.0 Å². The Labute approximate surface area is 99.5 Å². The Bertz CT molecular complexity index is 519. The Hall–Kier alpha value is -2.38. The number of alkyl halides is 3. The Morgan fingerprint density at radius 3 is 2.28 bits per heavy atom. The lowest BCUT2D eigenvalue weighted by Crippen LogP contribution is -2.17. The van der Waals surface area contributed by atoms with Crippen molar-refractivity contribution in [2.24, 2.45) is 5.10 Å². The second-order valence-electron chi connectivity index (χ2n) is 3.20. The molecule has 0 aliphatic heterocycles. The molecule has 0 bridgehead atoms. The predicted molar refractivity (Wildman–Crippen MR) is 56.1 cm³/mol. The smallest absolute Gasteiger partial charge is 0.406 e. The largest absolute Gasteiger partial charge is 0.573 e. The SMILES string of the molecule is FC(F)(F)Oc1ccc(/C=N/n2cnnc2)cc1. The highest BCUT2D eigenvalue weighted by molar-refractivity contribution is 5.79. The first-order chi connectivity index (χ1) is 8.53. The molecule has 1 aromatic carbocycles. The number of halogens is 3. The molecule has 8 heteroatoms. The standard InChI is InChI=1S/C10H7F3N4O/c11-10(12,13)18-9-3-1-8(2-4-9)5-16-17-6-14-15-7-17/h1-7H/b16-5+. The number of nitrogens with zero attached hydrogens (tertiary/aromatic N) is 4. The van der Waals surface area contributed by atoms with Gasteiger partial charge in [-0.25, -0.2) is 4.68 Å². The van der Waals surface area contributed by atoms with Crippen LogP contribution in [0.25, 0.3) is 0 Å². The molecular formula is C10H7F3N4O. The molecule has 0 saturated carbocycles. The molecule has 5 nitrogen and oxygen atoms in total. The van der Waals surface area contributed by atoms with Crippen LogP contribution in [0.1, 0.15) is 5.56 Å². The summed E-state index contributed by atoms with van der Waals surface area (Å²) in [6.45, 7) is 0. The highest BCUT2D eigenvalue weighted by atomic mass is 19.4. The monoisotopic (exact) mass is 256 g/mol. The van der Waals surface area contributed by atoms with Gasteiger partial charge in [-0.1, -0.05) is 0 Å². The van der Waals surface area contributed by atoms with E-state index in [1.54, 1.807) is 0 Å². The molecule has 0 aliphatic carbocycles.